The van der Waals surface area contributed by atoms with Crippen LogP contribution in [0, 0.1) is 11.8 Å². The largest absolute Gasteiger partial charge is 0.325 e. The molecule has 0 spiro atoms. The van der Waals surface area contributed by atoms with Gasteiger partial charge in [0.25, 0.3) is 0 Å². The quantitative estimate of drug-likeness (QED) is 0.813. The fourth-order valence-corrected chi connectivity index (χ4v) is 3.30. The lowest BCUT2D eigenvalue weighted by Gasteiger charge is -2.30. The van der Waals surface area contributed by atoms with Gasteiger partial charge in [-0.25, -0.2) is 0 Å². The van der Waals surface area contributed by atoms with E-state index in [1.165, 1.54) is 44.3 Å². The van der Waals surface area contributed by atoms with Crippen LogP contribution in [0.1, 0.15) is 38.2 Å². The molecule has 1 aromatic carbocycles. The van der Waals surface area contributed by atoms with E-state index >= 15 is 0 Å². The molecular weight excluding hydrogens is 286 g/mol. The van der Waals surface area contributed by atoms with E-state index in [2.05, 4.69) is 34.6 Å². The van der Waals surface area contributed by atoms with Crippen LogP contribution in [-0.2, 0) is 11.3 Å². The summed E-state index contributed by atoms with van der Waals surface area (Å²) in [5.41, 5.74) is 2.21. The van der Waals surface area contributed by atoms with E-state index in [9.17, 15) is 4.79 Å². The van der Waals surface area contributed by atoms with Crippen molar-refractivity contribution in [3.8, 4) is 0 Å². The third-order valence-corrected chi connectivity index (χ3v) is 4.80. The van der Waals surface area contributed by atoms with Crippen molar-refractivity contribution in [2.75, 3.05) is 31.5 Å². The number of carbonyl (C=O) groups excluding carboxylic acids is 1. The van der Waals surface area contributed by atoms with Gasteiger partial charge in [-0.3, -0.25) is 9.69 Å². The first-order valence-electron chi connectivity index (χ1n) is 9.01. The molecule has 2 fully saturated rings. The summed E-state index contributed by atoms with van der Waals surface area (Å²) in [4.78, 5) is 14.4. The average Bonchev–Trinajstić information content (AvgIpc) is 3.34. The molecule has 4 nitrogen and oxygen atoms in total. The monoisotopic (exact) mass is 315 g/mol. The van der Waals surface area contributed by atoms with E-state index in [0.29, 0.717) is 6.54 Å². The molecule has 1 atom stereocenters. The van der Waals surface area contributed by atoms with Crippen LogP contribution in [0.4, 0.5) is 5.69 Å². The topological polar surface area (TPSA) is 44.4 Å². The van der Waals surface area contributed by atoms with E-state index in [-0.39, 0.29) is 5.91 Å². The maximum Gasteiger partial charge on any atom is 0.238 e. The second kappa shape index (κ2) is 7.93. The number of hydrogen-bond donors (Lipinski definition) is 2. The minimum atomic E-state index is 0.0447. The third kappa shape index (κ3) is 5.63. The number of nitrogens with one attached hydrogen (secondary N) is 2. The van der Waals surface area contributed by atoms with Gasteiger partial charge in [0.05, 0.1) is 6.54 Å². The van der Waals surface area contributed by atoms with E-state index in [0.717, 1.165) is 30.6 Å². The van der Waals surface area contributed by atoms with E-state index in [4.69, 9.17) is 0 Å². The standard InChI is InChI=1S/C19H29N3O/c1-15-3-2-10-22(13-15)14-17-6-8-18(9-7-17)21-19(23)12-20-11-16-4-5-16/h6-9,15-16,20H,2-5,10-14H2,1H3,(H,21,23). The van der Waals surface area contributed by atoms with E-state index < -0.39 is 0 Å². The number of anilines is 1. The lowest BCUT2D eigenvalue weighted by molar-refractivity contribution is -0.115. The van der Waals surface area contributed by atoms with Crippen molar-refractivity contribution in [3.63, 3.8) is 0 Å². The molecule has 126 valence electrons. The number of rotatable bonds is 7. The van der Waals surface area contributed by atoms with Crippen LogP contribution in [0.5, 0.6) is 0 Å². The number of amides is 1. The first-order valence-corrected chi connectivity index (χ1v) is 9.01. The van der Waals surface area contributed by atoms with Gasteiger partial charge in [0.1, 0.15) is 0 Å². The fraction of sp³-hybridized carbons (Fsp3) is 0.632. The Labute approximate surface area is 139 Å². The van der Waals surface area contributed by atoms with Crippen molar-refractivity contribution in [3.05, 3.63) is 29.8 Å². The van der Waals surface area contributed by atoms with Crippen molar-refractivity contribution in [2.45, 2.75) is 39.2 Å². The van der Waals surface area contributed by atoms with Gasteiger partial charge >= 0.3 is 0 Å². The van der Waals surface area contributed by atoms with Crippen molar-refractivity contribution >= 4 is 11.6 Å². The Kier molecular flexibility index (Phi) is 5.68. The molecule has 2 N–H and O–H groups in total. The zero-order chi connectivity index (χ0) is 16.1. The van der Waals surface area contributed by atoms with Gasteiger partial charge in [0.15, 0.2) is 0 Å². The van der Waals surface area contributed by atoms with Crippen LogP contribution in [0.25, 0.3) is 0 Å². The normalized spacial score (nSPS) is 22.0. The predicted octanol–water partition coefficient (Wildman–Crippen LogP) is 2.86. The van der Waals surface area contributed by atoms with Crippen LogP contribution in [-0.4, -0.2) is 37.0 Å². The Hall–Kier alpha value is -1.39. The highest BCUT2D eigenvalue weighted by atomic mass is 16.1. The first-order chi connectivity index (χ1) is 11.2. The van der Waals surface area contributed by atoms with Gasteiger partial charge in [-0.2, -0.15) is 0 Å². The molecule has 1 aromatic rings. The van der Waals surface area contributed by atoms with Gasteiger partial charge < -0.3 is 10.6 Å². The summed E-state index contributed by atoms with van der Waals surface area (Å²) in [5, 5.41) is 6.18. The molecule has 23 heavy (non-hydrogen) atoms. The SMILES string of the molecule is CC1CCCN(Cc2ccc(NC(=O)CNCC3CC3)cc2)C1. The number of carbonyl (C=O) groups is 1. The molecule has 0 bridgehead atoms. The van der Waals surface area contributed by atoms with Crippen LogP contribution in [0.2, 0.25) is 0 Å². The molecule has 2 aliphatic rings. The number of likely N-dealkylation sites (tertiary alicyclic amines) is 1. The summed E-state index contributed by atoms with van der Waals surface area (Å²) >= 11 is 0. The van der Waals surface area contributed by atoms with Crippen LogP contribution in [0.15, 0.2) is 24.3 Å². The highest BCUT2D eigenvalue weighted by Crippen LogP contribution is 2.27. The lowest BCUT2D eigenvalue weighted by atomic mass is 10.00. The number of piperidine rings is 1. The predicted molar refractivity (Wildman–Crippen MR) is 94.3 cm³/mol. The summed E-state index contributed by atoms with van der Waals surface area (Å²) in [7, 11) is 0. The average molecular weight is 315 g/mol. The summed E-state index contributed by atoms with van der Waals surface area (Å²) in [5.74, 6) is 1.66. The van der Waals surface area contributed by atoms with Crippen molar-refractivity contribution in [2.24, 2.45) is 11.8 Å². The fourth-order valence-electron chi connectivity index (χ4n) is 3.30. The maximum absolute atomic E-state index is 11.9. The molecule has 1 heterocycles. The molecule has 3 rings (SSSR count). The molecule has 0 radical (unpaired) electrons. The molecule has 1 amide bonds. The van der Waals surface area contributed by atoms with Crippen molar-refractivity contribution < 1.29 is 4.79 Å². The number of nitrogens with zero attached hydrogens (tertiary/aromatic N) is 1. The Bertz CT molecular complexity index is 510. The minimum Gasteiger partial charge on any atom is -0.325 e. The minimum absolute atomic E-state index is 0.0447. The number of benzene rings is 1. The first kappa shape index (κ1) is 16.5. The molecule has 1 saturated carbocycles. The molecule has 4 heteroatoms. The number of hydrogen-bond acceptors (Lipinski definition) is 3. The van der Waals surface area contributed by atoms with Crippen LogP contribution in [0.3, 0.4) is 0 Å². The second-order valence-corrected chi connectivity index (χ2v) is 7.30. The molecule has 0 aromatic heterocycles. The molecular formula is C19H29N3O. The van der Waals surface area contributed by atoms with Crippen LogP contribution >= 0.6 is 0 Å². The second-order valence-electron chi connectivity index (χ2n) is 7.30. The summed E-state index contributed by atoms with van der Waals surface area (Å²) in [6, 6.07) is 8.29. The zero-order valence-corrected chi connectivity index (χ0v) is 14.2. The highest BCUT2D eigenvalue weighted by molar-refractivity contribution is 5.92. The maximum atomic E-state index is 11.9. The Morgan fingerprint density at radius 1 is 1.22 bits per heavy atom. The van der Waals surface area contributed by atoms with Crippen molar-refractivity contribution in [1.29, 1.82) is 0 Å². The van der Waals surface area contributed by atoms with Gasteiger partial charge in [0, 0.05) is 18.8 Å². The summed E-state index contributed by atoms with van der Waals surface area (Å²) in [6.07, 6.45) is 5.29. The van der Waals surface area contributed by atoms with Gasteiger partial charge in [-0.05, 0) is 68.3 Å². The van der Waals surface area contributed by atoms with E-state index in [1.807, 2.05) is 12.1 Å². The Balaban J connectivity index is 1.41. The molecule has 1 saturated heterocycles. The Morgan fingerprint density at radius 3 is 2.70 bits per heavy atom. The zero-order valence-electron chi connectivity index (χ0n) is 14.2. The highest BCUT2D eigenvalue weighted by Gasteiger charge is 2.20. The van der Waals surface area contributed by atoms with Crippen LogP contribution < -0.4 is 10.6 Å². The smallest absolute Gasteiger partial charge is 0.238 e. The summed E-state index contributed by atoms with van der Waals surface area (Å²) in [6.45, 7) is 7.13. The Morgan fingerprint density at radius 2 is 2.00 bits per heavy atom. The third-order valence-electron chi connectivity index (χ3n) is 4.80. The van der Waals surface area contributed by atoms with Crippen molar-refractivity contribution in [1.82, 2.24) is 10.2 Å². The molecule has 1 aliphatic carbocycles. The van der Waals surface area contributed by atoms with E-state index in [1.54, 1.807) is 0 Å². The molecule has 1 unspecified atom stereocenters. The lowest BCUT2D eigenvalue weighted by Crippen LogP contribution is -2.33. The molecule has 1 aliphatic heterocycles. The van der Waals surface area contributed by atoms with Gasteiger partial charge in [-0.15, -0.1) is 0 Å². The van der Waals surface area contributed by atoms with Gasteiger partial charge in [0.2, 0.25) is 5.91 Å². The summed E-state index contributed by atoms with van der Waals surface area (Å²) < 4.78 is 0. The van der Waals surface area contributed by atoms with Gasteiger partial charge in [-0.1, -0.05) is 19.1 Å².